The smallest absolute Gasteiger partial charge is 0.289 e. The van der Waals surface area contributed by atoms with E-state index in [1.165, 1.54) is 6.26 Å². The Morgan fingerprint density at radius 1 is 1.39 bits per heavy atom. The van der Waals surface area contributed by atoms with Crippen molar-refractivity contribution in [3.05, 3.63) is 24.2 Å². The molecule has 1 N–H and O–H groups in total. The highest BCUT2D eigenvalue weighted by molar-refractivity contribution is 5.91. The Balaban J connectivity index is 1.64. The van der Waals surface area contributed by atoms with Crippen LogP contribution in [0.4, 0.5) is 0 Å². The molecule has 0 saturated carbocycles. The van der Waals surface area contributed by atoms with Crippen LogP contribution in [0.2, 0.25) is 0 Å². The maximum atomic E-state index is 12.1. The molecule has 0 bridgehead atoms. The first kappa shape index (κ1) is 11.3. The Morgan fingerprint density at radius 3 is 2.72 bits per heavy atom. The molecule has 96 valence electrons. The molecular weight excluding hydrogens is 232 g/mol. The lowest BCUT2D eigenvalue weighted by Crippen LogP contribution is -2.43. The Morgan fingerprint density at radius 2 is 2.17 bits per heavy atom. The van der Waals surface area contributed by atoms with E-state index in [9.17, 15) is 9.59 Å². The fourth-order valence-electron chi connectivity index (χ4n) is 2.85. The van der Waals surface area contributed by atoms with Gasteiger partial charge in [-0.15, -0.1) is 0 Å². The number of amides is 2. The van der Waals surface area contributed by atoms with Crippen molar-refractivity contribution in [2.45, 2.75) is 19.3 Å². The molecule has 2 amide bonds. The molecule has 1 spiro atoms. The number of rotatable bonds is 1. The van der Waals surface area contributed by atoms with Crippen LogP contribution >= 0.6 is 0 Å². The highest BCUT2D eigenvalue weighted by atomic mass is 16.3. The van der Waals surface area contributed by atoms with E-state index in [1.807, 2.05) is 4.90 Å². The van der Waals surface area contributed by atoms with Gasteiger partial charge in [-0.3, -0.25) is 9.59 Å². The molecule has 0 radical (unpaired) electrons. The van der Waals surface area contributed by atoms with Crippen molar-refractivity contribution in [2.75, 3.05) is 19.6 Å². The number of hydrogen-bond donors (Lipinski definition) is 1. The summed E-state index contributed by atoms with van der Waals surface area (Å²) in [5, 5.41) is 2.89. The largest absolute Gasteiger partial charge is 0.459 e. The highest BCUT2D eigenvalue weighted by Gasteiger charge is 2.41. The number of nitrogens with zero attached hydrogens (tertiary/aromatic N) is 1. The first-order valence-corrected chi connectivity index (χ1v) is 6.28. The maximum Gasteiger partial charge on any atom is 0.289 e. The van der Waals surface area contributed by atoms with Gasteiger partial charge in [-0.2, -0.15) is 0 Å². The van der Waals surface area contributed by atoms with Gasteiger partial charge in [0.15, 0.2) is 5.76 Å². The summed E-state index contributed by atoms with van der Waals surface area (Å²) in [5.41, 5.74) is 0.0804. The van der Waals surface area contributed by atoms with Crippen molar-refractivity contribution in [1.82, 2.24) is 10.2 Å². The summed E-state index contributed by atoms with van der Waals surface area (Å²) in [6.07, 6.45) is 3.89. The molecule has 1 aromatic rings. The van der Waals surface area contributed by atoms with Crippen LogP contribution in [-0.2, 0) is 4.79 Å². The van der Waals surface area contributed by atoms with Crippen molar-refractivity contribution < 1.29 is 14.0 Å². The Hall–Kier alpha value is -1.78. The molecule has 2 fully saturated rings. The second kappa shape index (κ2) is 4.15. The number of likely N-dealkylation sites (tertiary alicyclic amines) is 1. The van der Waals surface area contributed by atoms with Crippen LogP contribution in [0.3, 0.4) is 0 Å². The predicted molar refractivity (Wildman–Crippen MR) is 63.9 cm³/mol. The Labute approximate surface area is 105 Å². The number of hydrogen-bond acceptors (Lipinski definition) is 3. The number of carbonyl (C=O) groups is 2. The topological polar surface area (TPSA) is 62.6 Å². The van der Waals surface area contributed by atoms with Crippen LogP contribution in [0.5, 0.6) is 0 Å². The molecule has 5 heteroatoms. The lowest BCUT2D eigenvalue weighted by Gasteiger charge is -2.37. The van der Waals surface area contributed by atoms with E-state index in [-0.39, 0.29) is 17.2 Å². The first-order chi connectivity index (χ1) is 8.69. The summed E-state index contributed by atoms with van der Waals surface area (Å²) in [5.74, 6) is 0.486. The maximum absolute atomic E-state index is 12.1. The van der Waals surface area contributed by atoms with Gasteiger partial charge in [0.2, 0.25) is 5.91 Å². The van der Waals surface area contributed by atoms with E-state index in [0.29, 0.717) is 25.3 Å². The van der Waals surface area contributed by atoms with Gasteiger partial charge in [0, 0.05) is 26.1 Å². The molecule has 0 atom stereocenters. The zero-order chi connectivity index (χ0) is 12.6. The van der Waals surface area contributed by atoms with E-state index in [4.69, 9.17) is 4.42 Å². The first-order valence-electron chi connectivity index (χ1n) is 6.28. The van der Waals surface area contributed by atoms with E-state index in [0.717, 1.165) is 19.4 Å². The van der Waals surface area contributed by atoms with Crippen LogP contribution in [0.15, 0.2) is 22.8 Å². The molecule has 2 saturated heterocycles. The monoisotopic (exact) mass is 248 g/mol. The molecule has 5 nitrogen and oxygen atoms in total. The fraction of sp³-hybridized carbons (Fsp3) is 0.538. The van der Waals surface area contributed by atoms with Gasteiger partial charge in [0.25, 0.3) is 5.91 Å². The zero-order valence-corrected chi connectivity index (χ0v) is 10.1. The molecule has 2 aliphatic rings. The van der Waals surface area contributed by atoms with Crippen LogP contribution in [0.25, 0.3) is 0 Å². The summed E-state index contributed by atoms with van der Waals surface area (Å²) < 4.78 is 5.12. The molecule has 0 unspecified atom stereocenters. The summed E-state index contributed by atoms with van der Waals surface area (Å²) in [7, 11) is 0. The molecular formula is C13H16N2O3. The van der Waals surface area contributed by atoms with Crippen molar-refractivity contribution >= 4 is 11.8 Å². The SMILES string of the molecule is O=C1CC2(CCN(C(=O)c3ccco3)CC2)CN1. The average Bonchev–Trinajstić information content (AvgIpc) is 3.00. The molecule has 3 rings (SSSR count). The van der Waals surface area contributed by atoms with Crippen molar-refractivity contribution in [1.29, 1.82) is 0 Å². The Kier molecular flexibility index (Phi) is 2.61. The van der Waals surface area contributed by atoms with Gasteiger partial charge in [-0.1, -0.05) is 0 Å². The molecule has 18 heavy (non-hydrogen) atoms. The molecule has 0 aromatic carbocycles. The number of nitrogens with one attached hydrogen (secondary N) is 1. The van der Waals surface area contributed by atoms with Crippen molar-refractivity contribution in [3.63, 3.8) is 0 Å². The van der Waals surface area contributed by atoms with Gasteiger partial charge in [0.1, 0.15) is 0 Å². The summed E-state index contributed by atoms with van der Waals surface area (Å²) >= 11 is 0. The Bertz CT molecular complexity index is 459. The van der Waals surface area contributed by atoms with Gasteiger partial charge in [0.05, 0.1) is 6.26 Å². The van der Waals surface area contributed by atoms with E-state index in [1.54, 1.807) is 12.1 Å². The highest BCUT2D eigenvalue weighted by Crippen LogP contribution is 2.37. The van der Waals surface area contributed by atoms with E-state index < -0.39 is 0 Å². The zero-order valence-electron chi connectivity index (χ0n) is 10.1. The second-order valence-corrected chi connectivity index (χ2v) is 5.22. The van der Waals surface area contributed by atoms with Crippen molar-refractivity contribution in [2.24, 2.45) is 5.41 Å². The standard InChI is InChI=1S/C13H16N2O3/c16-11-8-13(9-14-11)3-5-15(6-4-13)12(17)10-2-1-7-18-10/h1-2,7H,3-6,8-9H2,(H,14,16). The predicted octanol–water partition coefficient (Wildman–Crippen LogP) is 1.02. The minimum Gasteiger partial charge on any atom is -0.459 e. The van der Waals surface area contributed by atoms with Crippen molar-refractivity contribution in [3.8, 4) is 0 Å². The van der Waals surface area contributed by atoms with E-state index in [2.05, 4.69) is 5.32 Å². The van der Waals surface area contributed by atoms with Gasteiger partial charge >= 0.3 is 0 Å². The number of carbonyl (C=O) groups excluding carboxylic acids is 2. The molecule has 0 aliphatic carbocycles. The lowest BCUT2D eigenvalue weighted by molar-refractivity contribution is -0.119. The third-order valence-corrected chi connectivity index (χ3v) is 4.04. The van der Waals surface area contributed by atoms with Crippen LogP contribution in [0.1, 0.15) is 29.8 Å². The minimum atomic E-state index is -0.0490. The number of furan rings is 1. The van der Waals surface area contributed by atoms with E-state index >= 15 is 0 Å². The van der Waals surface area contributed by atoms with Crippen LogP contribution in [-0.4, -0.2) is 36.3 Å². The molecule has 2 aliphatic heterocycles. The number of piperidine rings is 1. The third kappa shape index (κ3) is 1.89. The molecule has 1 aromatic heterocycles. The van der Waals surface area contributed by atoms with Crippen LogP contribution in [0, 0.1) is 5.41 Å². The second-order valence-electron chi connectivity index (χ2n) is 5.22. The summed E-state index contributed by atoms with van der Waals surface area (Å²) in [6, 6.07) is 3.41. The summed E-state index contributed by atoms with van der Waals surface area (Å²) in [4.78, 5) is 25.2. The normalized spacial score (nSPS) is 22.2. The minimum absolute atomic E-state index is 0.0490. The van der Waals surface area contributed by atoms with Gasteiger partial charge in [-0.05, 0) is 30.4 Å². The summed E-state index contributed by atoms with van der Waals surface area (Å²) in [6.45, 7) is 2.16. The van der Waals surface area contributed by atoms with Crippen LogP contribution < -0.4 is 5.32 Å². The average molecular weight is 248 g/mol. The van der Waals surface area contributed by atoms with Gasteiger partial charge < -0.3 is 14.6 Å². The third-order valence-electron chi connectivity index (χ3n) is 4.04. The lowest BCUT2D eigenvalue weighted by atomic mass is 9.77. The fourth-order valence-corrected chi connectivity index (χ4v) is 2.85. The van der Waals surface area contributed by atoms with Gasteiger partial charge in [-0.25, -0.2) is 0 Å². The molecule has 3 heterocycles. The quantitative estimate of drug-likeness (QED) is 0.807.